The second-order valence-electron chi connectivity index (χ2n) is 2.98. The number of rotatable bonds is 0. The van der Waals surface area contributed by atoms with Crippen LogP contribution in [-0.4, -0.2) is 11.1 Å². The molecule has 1 heterocycles. The van der Waals surface area contributed by atoms with E-state index in [0.29, 0.717) is 18.5 Å². The van der Waals surface area contributed by atoms with Gasteiger partial charge in [-0.2, -0.15) is 5.06 Å². The maximum absolute atomic E-state index is 11.1. The Labute approximate surface area is 84.1 Å². The van der Waals surface area contributed by atoms with Crippen LogP contribution in [-0.2, 0) is 11.2 Å². The molecule has 1 aliphatic rings. The van der Waals surface area contributed by atoms with Crippen LogP contribution >= 0.6 is 15.9 Å². The maximum atomic E-state index is 11.1. The second-order valence-corrected chi connectivity index (χ2v) is 3.89. The molecular weight excluding hydrogens is 234 g/mol. The third-order valence-corrected chi connectivity index (χ3v) is 2.61. The topological polar surface area (TPSA) is 40.5 Å². The average molecular weight is 242 g/mol. The number of nitrogens with zero attached hydrogens (tertiary/aromatic N) is 1. The van der Waals surface area contributed by atoms with E-state index in [1.165, 1.54) is 0 Å². The molecule has 0 bridgehead atoms. The minimum atomic E-state index is -0.241. The summed E-state index contributed by atoms with van der Waals surface area (Å²) in [6.45, 7) is 0. The Kier molecular flexibility index (Phi) is 2.09. The number of anilines is 1. The lowest BCUT2D eigenvalue weighted by Crippen LogP contribution is -2.31. The zero-order valence-electron chi connectivity index (χ0n) is 6.83. The summed E-state index contributed by atoms with van der Waals surface area (Å²) in [5, 5.41) is 10.1. The van der Waals surface area contributed by atoms with Crippen molar-refractivity contribution >= 4 is 27.5 Å². The zero-order chi connectivity index (χ0) is 9.42. The molecule has 1 aromatic rings. The summed E-state index contributed by atoms with van der Waals surface area (Å²) in [5.74, 6) is -0.241. The van der Waals surface area contributed by atoms with E-state index in [2.05, 4.69) is 15.9 Å². The SMILES string of the molecule is O=C1CCc2cc(Br)ccc2N1O. The lowest BCUT2D eigenvalue weighted by molar-refractivity contribution is -0.124. The molecule has 0 fully saturated rings. The molecule has 0 saturated heterocycles. The molecule has 0 unspecified atom stereocenters. The number of hydrogen-bond acceptors (Lipinski definition) is 2. The third kappa shape index (κ3) is 1.47. The van der Waals surface area contributed by atoms with Gasteiger partial charge in [0.1, 0.15) is 0 Å². The lowest BCUT2D eigenvalue weighted by Gasteiger charge is -2.23. The molecule has 0 atom stereocenters. The fourth-order valence-electron chi connectivity index (χ4n) is 1.44. The third-order valence-electron chi connectivity index (χ3n) is 2.11. The van der Waals surface area contributed by atoms with E-state index < -0.39 is 0 Å². The number of carbonyl (C=O) groups is 1. The summed E-state index contributed by atoms with van der Waals surface area (Å²) in [6.07, 6.45) is 1.07. The second kappa shape index (κ2) is 3.12. The van der Waals surface area contributed by atoms with Gasteiger partial charge in [0.05, 0.1) is 5.69 Å². The fourth-order valence-corrected chi connectivity index (χ4v) is 1.85. The van der Waals surface area contributed by atoms with Crippen molar-refractivity contribution in [1.82, 2.24) is 0 Å². The smallest absolute Gasteiger partial charge is 0.251 e. The van der Waals surface area contributed by atoms with Crippen molar-refractivity contribution in [3.8, 4) is 0 Å². The molecule has 13 heavy (non-hydrogen) atoms. The standard InChI is InChI=1S/C9H8BrNO2/c10-7-2-3-8-6(5-7)1-4-9(12)11(8)13/h2-3,5,13H,1,4H2. The quantitative estimate of drug-likeness (QED) is 0.708. The van der Waals surface area contributed by atoms with Gasteiger partial charge in [-0.05, 0) is 30.2 Å². The molecule has 1 N–H and O–H groups in total. The average Bonchev–Trinajstić information content (AvgIpc) is 2.12. The first-order chi connectivity index (χ1) is 6.18. The monoisotopic (exact) mass is 241 g/mol. The lowest BCUT2D eigenvalue weighted by atomic mass is 10.0. The molecule has 1 amide bonds. The Hall–Kier alpha value is -0.870. The highest BCUT2D eigenvalue weighted by molar-refractivity contribution is 9.10. The van der Waals surface area contributed by atoms with Gasteiger partial charge in [0.25, 0.3) is 5.91 Å². The van der Waals surface area contributed by atoms with E-state index in [4.69, 9.17) is 0 Å². The Bertz CT molecular complexity index is 365. The Morgan fingerprint density at radius 3 is 2.92 bits per heavy atom. The van der Waals surface area contributed by atoms with Crippen LogP contribution in [0.15, 0.2) is 22.7 Å². The normalized spacial score (nSPS) is 15.8. The molecule has 68 valence electrons. The van der Waals surface area contributed by atoms with Crippen molar-refractivity contribution in [2.24, 2.45) is 0 Å². The van der Waals surface area contributed by atoms with Crippen molar-refractivity contribution < 1.29 is 10.0 Å². The summed E-state index contributed by atoms with van der Waals surface area (Å²) < 4.78 is 0.967. The number of aryl methyl sites for hydroxylation is 1. The van der Waals surface area contributed by atoms with Gasteiger partial charge < -0.3 is 0 Å². The molecule has 2 rings (SSSR count). The Morgan fingerprint density at radius 2 is 2.15 bits per heavy atom. The molecule has 0 aliphatic carbocycles. The highest BCUT2D eigenvalue weighted by Gasteiger charge is 2.22. The molecule has 0 aromatic heterocycles. The van der Waals surface area contributed by atoms with Gasteiger partial charge in [0.15, 0.2) is 0 Å². The maximum Gasteiger partial charge on any atom is 0.251 e. The summed E-state index contributed by atoms with van der Waals surface area (Å²) in [5.41, 5.74) is 1.59. The van der Waals surface area contributed by atoms with E-state index >= 15 is 0 Å². The van der Waals surface area contributed by atoms with E-state index in [1.807, 2.05) is 6.07 Å². The number of hydrogen-bond donors (Lipinski definition) is 1. The molecule has 4 heteroatoms. The van der Waals surface area contributed by atoms with E-state index in [9.17, 15) is 10.0 Å². The number of benzene rings is 1. The summed E-state index contributed by atoms with van der Waals surface area (Å²) in [6, 6.07) is 5.46. The molecule has 3 nitrogen and oxygen atoms in total. The zero-order valence-corrected chi connectivity index (χ0v) is 8.41. The van der Waals surface area contributed by atoms with Crippen molar-refractivity contribution in [2.45, 2.75) is 12.8 Å². The van der Waals surface area contributed by atoms with Crippen molar-refractivity contribution in [3.05, 3.63) is 28.2 Å². The van der Waals surface area contributed by atoms with Gasteiger partial charge in [0, 0.05) is 10.9 Å². The predicted octanol–water partition coefficient (Wildman–Crippen LogP) is 2.12. The molecule has 1 aromatic carbocycles. The minimum Gasteiger partial charge on any atom is -0.281 e. The number of carbonyl (C=O) groups excluding carboxylic acids is 1. The van der Waals surface area contributed by atoms with Gasteiger partial charge in [-0.3, -0.25) is 10.0 Å². The molecular formula is C9H8BrNO2. The fraction of sp³-hybridized carbons (Fsp3) is 0.222. The van der Waals surface area contributed by atoms with Gasteiger partial charge >= 0.3 is 0 Å². The summed E-state index contributed by atoms with van der Waals surface area (Å²) >= 11 is 3.34. The van der Waals surface area contributed by atoms with Crippen molar-refractivity contribution in [1.29, 1.82) is 0 Å². The van der Waals surface area contributed by atoms with Crippen LogP contribution < -0.4 is 5.06 Å². The van der Waals surface area contributed by atoms with E-state index in [0.717, 1.165) is 15.1 Å². The van der Waals surface area contributed by atoms with E-state index in [-0.39, 0.29) is 5.91 Å². The molecule has 1 aliphatic heterocycles. The molecule has 0 spiro atoms. The first-order valence-corrected chi connectivity index (χ1v) is 4.78. The van der Waals surface area contributed by atoms with Gasteiger partial charge in [-0.15, -0.1) is 0 Å². The molecule has 0 radical (unpaired) electrons. The van der Waals surface area contributed by atoms with Crippen molar-refractivity contribution in [2.75, 3.05) is 5.06 Å². The minimum absolute atomic E-state index is 0.241. The van der Waals surface area contributed by atoms with Crippen LogP contribution in [0.2, 0.25) is 0 Å². The van der Waals surface area contributed by atoms with Gasteiger partial charge in [0.2, 0.25) is 0 Å². The highest BCUT2D eigenvalue weighted by Crippen LogP contribution is 2.28. The summed E-state index contributed by atoms with van der Waals surface area (Å²) in [7, 11) is 0. The van der Waals surface area contributed by atoms with Crippen LogP contribution in [0.25, 0.3) is 0 Å². The Balaban J connectivity index is 2.49. The number of fused-ring (bicyclic) bond motifs is 1. The first-order valence-electron chi connectivity index (χ1n) is 3.99. The number of hydroxylamine groups is 1. The van der Waals surface area contributed by atoms with Crippen LogP contribution in [0, 0.1) is 0 Å². The Morgan fingerprint density at radius 1 is 1.38 bits per heavy atom. The first kappa shape index (κ1) is 8.72. The predicted molar refractivity (Wildman–Crippen MR) is 51.7 cm³/mol. The summed E-state index contributed by atoms with van der Waals surface area (Å²) in [4.78, 5) is 11.1. The number of halogens is 1. The van der Waals surface area contributed by atoms with Crippen LogP contribution in [0.4, 0.5) is 5.69 Å². The van der Waals surface area contributed by atoms with Crippen LogP contribution in [0.1, 0.15) is 12.0 Å². The van der Waals surface area contributed by atoms with Crippen molar-refractivity contribution in [3.63, 3.8) is 0 Å². The number of amides is 1. The van der Waals surface area contributed by atoms with Crippen LogP contribution in [0.3, 0.4) is 0 Å². The van der Waals surface area contributed by atoms with Gasteiger partial charge in [-0.25, -0.2) is 0 Å². The molecule has 0 saturated carbocycles. The van der Waals surface area contributed by atoms with E-state index in [1.54, 1.807) is 12.1 Å². The highest BCUT2D eigenvalue weighted by atomic mass is 79.9. The van der Waals surface area contributed by atoms with Gasteiger partial charge in [-0.1, -0.05) is 15.9 Å². The largest absolute Gasteiger partial charge is 0.281 e. The van der Waals surface area contributed by atoms with Crippen LogP contribution in [0.5, 0.6) is 0 Å².